The molecule has 1 saturated carbocycles. The molecule has 2 aliphatic rings. The largest absolute Gasteiger partial charge is 0.345 e. The molecule has 2 rings (SSSR count). The summed E-state index contributed by atoms with van der Waals surface area (Å²) in [5.74, 6) is 1.09. The van der Waals surface area contributed by atoms with Gasteiger partial charge in [-0.1, -0.05) is 25.7 Å². The van der Waals surface area contributed by atoms with Crippen molar-refractivity contribution in [2.24, 2.45) is 5.92 Å². The van der Waals surface area contributed by atoms with Crippen LogP contribution in [0, 0.1) is 5.92 Å². The predicted molar refractivity (Wildman–Crippen MR) is 74.5 cm³/mol. The summed E-state index contributed by atoms with van der Waals surface area (Å²) in [5, 5.41) is 3.46. The van der Waals surface area contributed by atoms with Gasteiger partial charge in [-0.15, -0.1) is 0 Å². The van der Waals surface area contributed by atoms with Crippen molar-refractivity contribution >= 4 is 5.91 Å². The lowest BCUT2D eigenvalue weighted by atomic mass is 9.89. The van der Waals surface area contributed by atoms with Crippen LogP contribution in [0.15, 0.2) is 0 Å². The van der Waals surface area contributed by atoms with Crippen molar-refractivity contribution in [2.75, 3.05) is 20.1 Å². The summed E-state index contributed by atoms with van der Waals surface area (Å²) >= 11 is 0. The lowest BCUT2D eigenvalue weighted by Crippen LogP contribution is -2.40. The zero-order chi connectivity index (χ0) is 12.8. The summed E-state index contributed by atoms with van der Waals surface area (Å²) in [5.41, 5.74) is 0. The molecule has 1 atom stereocenters. The molecule has 1 aliphatic heterocycles. The molecule has 1 N–H and O–H groups in total. The normalized spacial score (nSPS) is 25.9. The minimum Gasteiger partial charge on any atom is -0.345 e. The fourth-order valence-electron chi connectivity index (χ4n) is 3.32. The van der Waals surface area contributed by atoms with E-state index in [2.05, 4.69) is 5.32 Å². The molecule has 0 aromatic rings. The van der Waals surface area contributed by atoms with Gasteiger partial charge < -0.3 is 10.2 Å². The molecule has 0 spiro atoms. The number of carbonyl (C=O) groups excluding carboxylic acids is 1. The van der Waals surface area contributed by atoms with Crippen LogP contribution in [0.4, 0.5) is 0 Å². The Bertz CT molecular complexity index is 255. The van der Waals surface area contributed by atoms with Gasteiger partial charge in [-0.25, -0.2) is 0 Å². The van der Waals surface area contributed by atoms with Gasteiger partial charge in [-0.3, -0.25) is 4.79 Å². The smallest absolute Gasteiger partial charge is 0.223 e. The van der Waals surface area contributed by atoms with E-state index >= 15 is 0 Å². The van der Waals surface area contributed by atoms with E-state index in [1.165, 1.54) is 51.4 Å². The number of nitrogens with one attached hydrogen (secondary N) is 1. The second kappa shape index (κ2) is 7.13. The van der Waals surface area contributed by atoms with Crippen LogP contribution in [0.5, 0.6) is 0 Å². The third kappa shape index (κ3) is 4.27. The summed E-state index contributed by atoms with van der Waals surface area (Å²) in [7, 11) is 1.99. The Balaban J connectivity index is 1.69. The summed E-state index contributed by atoms with van der Waals surface area (Å²) in [6.07, 6.45) is 11.2. The van der Waals surface area contributed by atoms with Crippen LogP contribution < -0.4 is 5.32 Å². The number of rotatable bonds is 4. The Labute approximate surface area is 111 Å². The van der Waals surface area contributed by atoms with Gasteiger partial charge in [0, 0.05) is 26.1 Å². The van der Waals surface area contributed by atoms with E-state index in [-0.39, 0.29) is 0 Å². The Kier molecular flexibility index (Phi) is 5.48. The summed E-state index contributed by atoms with van der Waals surface area (Å²) in [6.45, 7) is 2.07. The maximum absolute atomic E-state index is 12.2. The first-order valence-electron chi connectivity index (χ1n) is 7.73. The molecule has 1 heterocycles. The first-order valence-corrected chi connectivity index (χ1v) is 7.73. The quantitative estimate of drug-likeness (QED) is 0.834. The molecule has 3 nitrogen and oxygen atoms in total. The van der Waals surface area contributed by atoms with Crippen molar-refractivity contribution in [2.45, 2.75) is 63.8 Å². The lowest BCUT2D eigenvalue weighted by Gasteiger charge is -2.29. The van der Waals surface area contributed by atoms with E-state index in [0.29, 0.717) is 18.4 Å². The van der Waals surface area contributed by atoms with Crippen LogP contribution in [0.1, 0.15) is 57.8 Å². The molecule has 0 bridgehead atoms. The highest BCUT2D eigenvalue weighted by Gasteiger charge is 2.21. The molecule has 104 valence electrons. The molecule has 0 aromatic carbocycles. The average Bonchev–Trinajstić information content (AvgIpc) is 2.41. The van der Waals surface area contributed by atoms with Gasteiger partial charge in [0.2, 0.25) is 5.91 Å². The van der Waals surface area contributed by atoms with E-state index in [4.69, 9.17) is 0 Å². The van der Waals surface area contributed by atoms with Crippen LogP contribution in [0.3, 0.4) is 0 Å². The number of carbonyl (C=O) groups is 1. The van der Waals surface area contributed by atoms with Crippen LogP contribution in [0.2, 0.25) is 0 Å². The molecule has 1 aliphatic carbocycles. The monoisotopic (exact) mass is 252 g/mol. The molecule has 0 radical (unpaired) electrons. The molecular formula is C15H28N2O. The van der Waals surface area contributed by atoms with Crippen LogP contribution in [0.25, 0.3) is 0 Å². The van der Waals surface area contributed by atoms with Crippen LogP contribution in [-0.4, -0.2) is 37.0 Å². The minimum atomic E-state index is 0.333. The highest BCUT2D eigenvalue weighted by atomic mass is 16.2. The number of nitrogens with zero attached hydrogens (tertiary/aromatic N) is 1. The van der Waals surface area contributed by atoms with Crippen LogP contribution in [-0.2, 0) is 4.79 Å². The fourth-order valence-corrected chi connectivity index (χ4v) is 3.32. The molecule has 2 fully saturated rings. The van der Waals surface area contributed by atoms with E-state index in [1.807, 2.05) is 11.9 Å². The van der Waals surface area contributed by atoms with Gasteiger partial charge in [0.25, 0.3) is 0 Å². The average molecular weight is 252 g/mol. The van der Waals surface area contributed by atoms with E-state index in [1.54, 1.807) is 0 Å². The number of hydrogen-bond acceptors (Lipinski definition) is 2. The third-order valence-electron chi connectivity index (χ3n) is 4.52. The van der Waals surface area contributed by atoms with Gasteiger partial charge in [0.1, 0.15) is 0 Å². The molecule has 1 unspecified atom stereocenters. The zero-order valence-electron chi connectivity index (χ0n) is 11.8. The maximum atomic E-state index is 12.2. The summed E-state index contributed by atoms with van der Waals surface area (Å²) in [6, 6.07) is 0.431. The fraction of sp³-hybridized carbons (Fsp3) is 0.933. The van der Waals surface area contributed by atoms with Gasteiger partial charge >= 0.3 is 0 Å². The number of amides is 1. The van der Waals surface area contributed by atoms with E-state index in [9.17, 15) is 4.79 Å². The van der Waals surface area contributed by atoms with Crippen molar-refractivity contribution in [1.82, 2.24) is 10.2 Å². The summed E-state index contributed by atoms with van der Waals surface area (Å²) in [4.78, 5) is 14.1. The molecule has 1 amide bonds. The maximum Gasteiger partial charge on any atom is 0.223 e. The Morgan fingerprint density at radius 1 is 1.11 bits per heavy atom. The first kappa shape index (κ1) is 13.9. The van der Waals surface area contributed by atoms with Gasteiger partial charge in [0.05, 0.1) is 0 Å². The second-order valence-electron chi connectivity index (χ2n) is 6.13. The van der Waals surface area contributed by atoms with Crippen LogP contribution >= 0.6 is 0 Å². The van der Waals surface area contributed by atoms with Gasteiger partial charge in [-0.2, -0.15) is 0 Å². The molecule has 0 aromatic heterocycles. The van der Waals surface area contributed by atoms with Gasteiger partial charge in [-0.05, 0) is 38.1 Å². The van der Waals surface area contributed by atoms with Crippen molar-refractivity contribution < 1.29 is 4.79 Å². The van der Waals surface area contributed by atoms with Crippen molar-refractivity contribution in [3.8, 4) is 0 Å². The third-order valence-corrected chi connectivity index (χ3v) is 4.52. The molecule has 1 saturated heterocycles. The van der Waals surface area contributed by atoms with Crippen molar-refractivity contribution in [3.05, 3.63) is 0 Å². The van der Waals surface area contributed by atoms with Gasteiger partial charge in [0.15, 0.2) is 0 Å². The predicted octanol–water partition coefficient (Wildman–Crippen LogP) is 2.56. The molecule has 3 heteroatoms. The van der Waals surface area contributed by atoms with Crippen molar-refractivity contribution in [1.29, 1.82) is 0 Å². The first-order chi connectivity index (χ1) is 8.75. The number of hydrogen-bond donors (Lipinski definition) is 1. The van der Waals surface area contributed by atoms with E-state index in [0.717, 1.165) is 19.0 Å². The van der Waals surface area contributed by atoms with E-state index < -0.39 is 0 Å². The second-order valence-corrected chi connectivity index (χ2v) is 6.13. The van der Waals surface area contributed by atoms with Crippen molar-refractivity contribution in [3.63, 3.8) is 0 Å². The SMILES string of the molecule is CN(CC1CCCCC1)C(=O)CC1CCCCN1. The standard InChI is InChI=1S/C15H28N2O/c1-17(12-13-7-3-2-4-8-13)15(18)11-14-9-5-6-10-16-14/h13-14,16H,2-12H2,1H3. The zero-order valence-corrected chi connectivity index (χ0v) is 11.8. The minimum absolute atomic E-state index is 0.333. The summed E-state index contributed by atoms with van der Waals surface area (Å²) < 4.78 is 0. The highest BCUT2D eigenvalue weighted by molar-refractivity contribution is 5.76. The number of piperidine rings is 1. The Morgan fingerprint density at radius 3 is 2.50 bits per heavy atom. The Morgan fingerprint density at radius 2 is 1.83 bits per heavy atom. The Hall–Kier alpha value is -0.570. The lowest BCUT2D eigenvalue weighted by molar-refractivity contribution is -0.131. The topological polar surface area (TPSA) is 32.3 Å². The molecular weight excluding hydrogens is 224 g/mol. The molecule has 18 heavy (non-hydrogen) atoms. The highest BCUT2D eigenvalue weighted by Crippen LogP contribution is 2.24.